The minimum absolute atomic E-state index is 0.187. The van der Waals surface area contributed by atoms with Gasteiger partial charge in [0.05, 0.1) is 0 Å². The lowest BCUT2D eigenvalue weighted by Gasteiger charge is -2.20. The van der Waals surface area contributed by atoms with Crippen molar-refractivity contribution in [2.45, 2.75) is 26.4 Å². The van der Waals surface area contributed by atoms with E-state index in [0.717, 1.165) is 4.60 Å². The second-order valence-corrected chi connectivity index (χ2v) is 4.33. The number of ether oxygens (including phenoxy) is 1. The largest absolute Gasteiger partial charge is 0.472 e. The van der Waals surface area contributed by atoms with Gasteiger partial charge in [-0.1, -0.05) is 6.07 Å². The third kappa shape index (κ3) is 3.22. The van der Waals surface area contributed by atoms with Crippen LogP contribution in [0.2, 0.25) is 0 Å². The van der Waals surface area contributed by atoms with Crippen LogP contribution in [-0.2, 0) is 0 Å². The Morgan fingerprint density at radius 3 is 2.50 bits per heavy atom. The van der Waals surface area contributed by atoms with E-state index in [4.69, 9.17) is 4.74 Å². The molecule has 0 aliphatic carbocycles. The van der Waals surface area contributed by atoms with E-state index in [2.05, 4.69) is 20.9 Å². The molecule has 2 nitrogen and oxygen atoms in total. The van der Waals surface area contributed by atoms with Crippen LogP contribution in [0.15, 0.2) is 22.8 Å². The van der Waals surface area contributed by atoms with E-state index in [1.165, 1.54) is 0 Å². The second-order valence-electron chi connectivity index (χ2n) is 3.51. The summed E-state index contributed by atoms with van der Waals surface area (Å²) >= 11 is 3.28. The van der Waals surface area contributed by atoms with Crippen molar-refractivity contribution >= 4 is 15.9 Å². The fraction of sp³-hybridized carbons (Fsp3) is 0.444. The van der Waals surface area contributed by atoms with Gasteiger partial charge in [0, 0.05) is 6.07 Å². The summed E-state index contributed by atoms with van der Waals surface area (Å²) in [5.41, 5.74) is -0.187. The average Bonchev–Trinajstić information content (AvgIpc) is 1.82. The first-order chi connectivity index (χ1) is 5.47. The quantitative estimate of drug-likeness (QED) is 0.692. The predicted octanol–water partition coefficient (Wildman–Crippen LogP) is 3.02. The predicted molar refractivity (Wildman–Crippen MR) is 52.3 cm³/mol. The summed E-state index contributed by atoms with van der Waals surface area (Å²) < 4.78 is 6.34. The Bertz CT molecular complexity index is 267. The van der Waals surface area contributed by atoms with Crippen LogP contribution in [0, 0.1) is 0 Å². The Kier molecular flexibility index (Phi) is 2.73. The van der Waals surface area contributed by atoms with Gasteiger partial charge < -0.3 is 4.74 Å². The number of rotatable bonds is 1. The smallest absolute Gasteiger partial charge is 0.214 e. The van der Waals surface area contributed by atoms with Gasteiger partial charge >= 0.3 is 0 Å². The van der Waals surface area contributed by atoms with Crippen LogP contribution in [0.3, 0.4) is 0 Å². The van der Waals surface area contributed by atoms with Crippen LogP contribution >= 0.6 is 15.9 Å². The molecule has 0 fully saturated rings. The van der Waals surface area contributed by atoms with Crippen molar-refractivity contribution in [1.29, 1.82) is 0 Å². The van der Waals surface area contributed by atoms with Gasteiger partial charge in [0.2, 0.25) is 5.88 Å². The van der Waals surface area contributed by atoms with E-state index in [0.29, 0.717) is 5.88 Å². The molecular formula is C9H12BrNO. The van der Waals surface area contributed by atoms with Gasteiger partial charge in [0.1, 0.15) is 10.2 Å². The van der Waals surface area contributed by atoms with E-state index in [-0.39, 0.29) is 5.60 Å². The molecule has 0 amide bonds. The number of halogens is 1. The topological polar surface area (TPSA) is 22.1 Å². The average molecular weight is 230 g/mol. The van der Waals surface area contributed by atoms with Crippen molar-refractivity contribution in [2.24, 2.45) is 0 Å². The summed E-state index contributed by atoms with van der Waals surface area (Å²) in [6.07, 6.45) is 0. The zero-order valence-electron chi connectivity index (χ0n) is 7.47. The van der Waals surface area contributed by atoms with E-state index in [9.17, 15) is 0 Å². The minimum Gasteiger partial charge on any atom is -0.472 e. The molecule has 1 aromatic rings. The summed E-state index contributed by atoms with van der Waals surface area (Å²) in [6, 6.07) is 5.61. The summed E-state index contributed by atoms with van der Waals surface area (Å²) in [5, 5.41) is 0. The molecule has 0 aromatic carbocycles. The standard InChI is InChI=1S/C9H12BrNO/c1-9(2,3)12-8-6-4-5-7(10)11-8/h4-6H,1-3H3. The molecule has 0 aliphatic heterocycles. The van der Waals surface area contributed by atoms with Crippen LogP contribution in [0.1, 0.15) is 20.8 Å². The Morgan fingerprint density at radius 1 is 1.33 bits per heavy atom. The van der Waals surface area contributed by atoms with E-state index in [1.54, 1.807) is 0 Å². The van der Waals surface area contributed by atoms with Crippen LogP contribution < -0.4 is 4.74 Å². The van der Waals surface area contributed by atoms with Crippen molar-refractivity contribution in [2.75, 3.05) is 0 Å². The maximum atomic E-state index is 5.54. The highest BCUT2D eigenvalue weighted by Crippen LogP contribution is 2.17. The third-order valence-corrected chi connectivity index (χ3v) is 1.54. The maximum Gasteiger partial charge on any atom is 0.214 e. The monoisotopic (exact) mass is 229 g/mol. The number of hydrogen-bond donors (Lipinski definition) is 0. The Hall–Kier alpha value is -0.570. The summed E-state index contributed by atoms with van der Waals surface area (Å²) in [6.45, 7) is 5.99. The third-order valence-electron chi connectivity index (χ3n) is 1.10. The first kappa shape index (κ1) is 9.52. The Balaban J connectivity index is 2.77. The number of nitrogens with zero attached hydrogens (tertiary/aromatic N) is 1. The molecule has 66 valence electrons. The molecule has 12 heavy (non-hydrogen) atoms. The molecule has 0 spiro atoms. The lowest BCUT2D eigenvalue weighted by molar-refractivity contribution is 0.124. The summed E-state index contributed by atoms with van der Waals surface area (Å²) in [5.74, 6) is 0.650. The first-order valence-corrected chi connectivity index (χ1v) is 4.58. The van der Waals surface area contributed by atoms with Gasteiger partial charge in [-0.25, -0.2) is 4.98 Å². The van der Waals surface area contributed by atoms with Crippen LogP contribution in [0.5, 0.6) is 5.88 Å². The van der Waals surface area contributed by atoms with Crippen molar-refractivity contribution in [3.63, 3.8) is 0 Å². The molecule has 1 rings (SSSR count). The fourth-order valence-corrected chi connectivity index (χ4v) is 1.09. The molecule has 0 saturated carbocycles. The molecule has 0 atom stereocenters. The van der Waals surface area contributed by atoms with Crippen molar-refractivity contribution in [1.82, 2.24) is 4.98 Å². The Labute approximate surface area is 81.1 Å². The molecule has 0 N–H and O–H groups in total. The van der Waals surface area contributed by atoms with Gasteiger partial charge in [-0.2, -0.15) is 0 Å². The van der Waals surface area contributed by atoms with Crippen LogP contribution in [0.25, 0.3) is 0 Å². The van der Waals surface area contributed by atoms with Gasteiger partial charge in [-0.3, -0.25) is 0 Å². The second kappa shape index (κ2) is 3.44. The van der Waals surface area contributed by atoms with Crippen LogP contribution in [-0.4, -0.2) is 10.6 Å². The van der Waals surface area contributed by atoms with Gasteiger partial charge in [-0.05, 0) is 42.8 Å². The molecule has 3 heteroatoms. The molecule has 0 aliphatic rings. The first-order valence-electron chi connectivity index (χ1n) is 3.79. The molecular weight excluding hydrogens is 218 g/mol. The lowest BCUT2D eigenvalue weighted by Crippen LogP contribution is -2.23. The van der Waals surface area contributed by atoms with E-state index < -0.39 is 0 Å². The van der Waals surface area contributed by atoms with Gasteiger partial charge in [0.25, 0.3) is 0 Å². The number of pyridine rings is 1. The minimum atomic E-state index is -0.187. The molecule has 1 aromatic heterocycles. The summed E-state index contributed by atoms with van der Waals surface area (Å²) in [7, 11) is 0. The van der Waals surface area contributed by atoms with Crippen molar-refractivity contribution < 1.29 is 4.74 Å². The molecule has 0 unspecified atom stereocenters. The summed E-state index contributed by atoms with van der Waals surface area (Å²) in [4.78, 5) is 4.15. The molecule has 1 heterocycles. The highest BCUT2D eigenvalue weighted by molar-refractivity contribution is 9.10. The van der Waals surface area contributed by atoms with Gasteiger partial charge in [0.15, 0.2) is 0 Å². The van der Waals surface area contributed by atoms with E-state index >= 15 is 0 Å². The van der Waals surface area contributed by atoms with Crippen LogP contribution in [0.4, 0.5) is 0 Å². The SMILES string of the molecule is CC(C)(C)Oc1cccc(Br)n1. The molecule has 0 saturated heterocycles. The zero-order valence-corrected chi connectivity index (χ0v) is 9.05. The molecule has 0 radical (unpaired) electrons. The maximum absolute atomic E-state index is 5.54. The lowest BCUT2D eigenvalue weighted by atomic mass is 10.2. The number of hydrogen-bond acceptors (Lipinski definition) is 2. The highest BCUT2D eigenvalue weighted by atomic mass is 79.9. The van der Waals surface area contributed by atoms with Gasteiger partial charge in [-0.15, -0.1) is 0 Å². The fourth-order valence-electron chi connectivity index (χ4n) is 0.760. The number of aromatic nitrogens is 1. The Morgan fingerprint density at radius 2 is 2.00 bits per heavy atom. The molecule has 0 bridgehead atoms. The normalized spacial score (nSPS) is 11.3. The van der Waals surface area contributed by atoms with Crippen molar-refractivity contribution in [3.8, 4) is 5.88 Å². The van der Waals surface area contributed by atoms with E-state index in [1.807, 2.05) is 39.0 Å². The highest BCUT2D eigenvalue weighted by Gasteiger charge is 2.12. The zero-order chi connectivity index (χ0) is 9.19. The van der Waals surface area contributed by atoms with Crippen molar-refractivity contribution in [3.05, 3.63) is 22.8 Å².